The molecule has 1 saturated heterocycles. The van der Waals surface area contributed by atoms with Gasteiger partial charge in [-0.3, -0.25) is 19.3 Å². The predicted molar refractivity (Wildman–Crippen MR) is 302 cm³/mol. The van der Waals surface area contributed by atoms with Gasteiger partial charge in [-0.25, -0.2) is 24.0 Å². The number of carbonyl (C=O) groups is 5. The van der Waals surface area contributed by atoms with Crippen LogP contribution in [-0.4, -0.2) is 201 Å². The molecule has 1 fully saturated rings. The fourth-order valence-corrected chi connectivity index (χ4v) is 10.6. The fourth-order valence-electron chi connectivity index (χ4n) is 10.6. The second kappa shape index (κ2) is 27.2. The topological polar surface area (TPSA) is 338 Å². The number of fused-ring (bicyclic) bond motifs is 6. The number of aromatic nitrogens is 5. The van der Waals surface area contributed by atoms with Crippen LogP contribution in [0.1, 0.15) is 66.0 Å². The lowest BCUT2D eigenvalue weighted by molar-refractivity contribution is -0.229. The summed E-state index contributed by atoms with van der Waals surface area (Å²) in [5.41, 5.74) is 2.76. The minimum absolute atomic E-state index is 0.0215. The molecule has 0 bridgehead atoms. The van der Waals surface area contributed by atoms with Crippen molar-refractivity contribution in [3.63, 3.8) is 0 Å². The van der Waals surface area contributed by atoms with Crippen LogP contribution in [0.2, 0.25) is 0 Å². The summed E-state index contributed by atoms with van der Waals surface area (Å²) in [5, 5.41) is 51.5. The molecule has 0 saturated carbocycles. The number of hydrogen-bond acceptors (Lipinski definition) is 23. The van der Waals surface area contributed by atoms with Crippen molar-refractivity contribution in [2.24, 2.45) is 0 Å². The van der Waals surface area contributed by atoms with Crippen LogP contribution in [0.5, 0.6) is 11.5 Å². The Morgan fingerprint density at radius 1 is 0.839 bits per heavy atom. The summed E-state index contributed by atoms with van der Waals surface area (Å²) >= 11 is 0. The third-order valence-corrected chi connectivity index (χ3v) is 15.5. The van der Waals surface area contributed by atoms with Crippen LogP contribution in [0.25, 0.3) is 33.3 Å². The Morgan fingerprint density at radius 2 is 1.55 bits per heavy atom. The average molecular weight is 1210 g/mol. The quantitative estimate of drug-likeness (QED) is 0.0326. The minimum atomic E-state index is -1.96. The molecule has 6 aromatic rings. The molecule has 464 valence electrons. The summed E-state index contributed by atoms with van der Waals surface area (Å²) in [6.07, 6.45) is -1.46. The molecule has 4 aliphatic heterocycles. The van der Waals surface area contributed by atoms with E-state index in [1.54, 1.807) is 64.8 Å². The second-order valence-corrected chi connectivity index (χ2v) is 21.2. The van der Waals surface area contributed by atoms with Gasteiger partial charge in [0.15, 0.2) is 5.60 Å². The van der Waals surface area contributed by atoms with Crippen LogP contribution >= 0.6 is 0 Å². The maximum Gasteiger partial charge on any atom is 0.415 e. The van der Waals surface area contributed by atoms with Crippen LogP contribution in [0, 0.1) is 0 Å². The monoisotopic (exact) mass is 1210 g/mol. The number of aliphatic hydroxyl groups is 4. The Bertz CT molecular complexity index is 3620. The minimum Gasteiger partial charge on any atom is -0.464 e. The van der Waals surface area contributed by atoms with Gasteiger partial charge in [-0.15, -0.1) is 5.10 Å². The summed E-state index contributed by atoms with van der Waals surface area (Å²) in [7, 11) is 3.05. The van der Waals surface area contributed by atoms with Crippen LogP contribution in [-0.2, 0) is 92.5 Å². The highest BCUT2D eigenvalue weighted by Crippen LogP contribution is 2.41. The maximum atomic E-state index is 13.8. The summed E-state index contributed by atoms with van der Waals surface area (Å²) in [4.78, 5) is 85.2. The zero-order valence-electron chi connectivity index (χ0n) is 48.4. The third kappa shape index (κ3) is 13.5. The molecule has 2 aromatic carbocycles. The van der Waals surface area contributed by atoms with Gasteiger partial charge in [0, 0.05) is 67.8 Å². The lowest BCUT2D eigenvalue weighted by Gasteiger charge is -2.36. The second-order valence-electron chi connectivity index (χ2n) is 21.2. The van der Waals surface area contributed by atoms with Crippen molar-refractivity contribution < 1.29 is 91.4 Å². The van der Waals surface area contributed by atoms with Crippen LogP contribution in [0.3, 0.4) is 0 Å². The maximum absolute atomic E-state index is 13.8. The normalized spacial score (nSPS) is 19.6. The number of imide groups is 1. The highest BCUT2D eigenvalue weighted by molar-refractivity contribution is 6.12. The molecule has 10 rings (SSSR count). The van der Waals surface area contributed by atoms with E-state index < -0.39 is 55.0 Å². The number of aliphatic hydroxyl groups excluding tert-OH is 3. The molecule has 4 N–H and O–H groups in total. The number of ether oxygens (including phenoxy) is 9. The van der Waals surface area contributed by atoms with Crippen molar-refractivity contribution in [3.8, 4) is 22.9 Å². The number of aryl methyl sites for hydroxylation is 1. The lowest BCUT2D eigenvalue weighted by atomic mass is 9.86. The van der Waals surface area contributed by atoms with Gasteiger partial charge < -0.3 is 81.8 Å². The molecule has 0 spiro atoms. The van der Waals surface area contributed by atoms with E-state index in [1.807, 2.05) is 6.92 Å². The smallest absolute Gasteiger partial charge is 0.415 e. The van der Waals surface area contributed by atoms with E-state index in [9.17, 15) is 49.2 Å². The van der Waals surface area contributed by atoms with E-state index in [0.29, 0.717) is 84.3 Å². The van der Waals surface area contributed by atoms with Gasteiger partial charge in [0.2, 0.25) is 6.29 Å². The molecule has 87 heavy (non-hydrogen) atoms. The fraction of sp³-hybridized carbons (Fsp3) is 0.475. The molecule has 0 unspecified atom stereocenters. The van der Waals surface area contributed by atoms with Gasteiger partial charge in [0.1, 0.15) is 60.5 Å². The van der Waals surface area contributed by atoms with Gasteiger partial charge in [-0.1, -0.05) is 19.1 Å². The number of amides is 4. The lowest BCUT2D eigenvalue weighted by Crippen LogP contribution is -2.51. The Balaban J connectivity index is 0.711. The molecule has 4 amide bonds. The molecule has 5 atom stereocenters. The van der Waals surface area contributed by atoms with Gasteiger partial charge in [-0.05, 0) is 60.9 Å². The molecule has 0 radical (unpaired) electrons. The molecule has 4 aliphatic rings. The Hall–Kier alpha value is -8.19. The summed E-state index contributed by atoms with van der Waals surface area (Å²) in [6.45, 7) is 5.44. The molecule has 8 heterocycles. The summed E-state index contributed by atoms with van der Waals surface area (Å²) in [5.74, 6) is -0.560. The molecule has 0 aliphatic carbocycles. The van der Waals surface area contributed by atoms with Crippen molar-refractivity contribution in [1.29, 1.82) is 0 Å². The van der Waals surface area contributed by atoms with E-state index in [4.69, 9.17) is 52.0 Å². The predicted octanol–water partition coefficient (Wildman–Crippen LogP) is 2.43. The van der Waals surface area contributed by atoms with Gasteiger partial charge in [-0.2, -0.15) is 0 Å². The Labute approximate surface area is 497 Å². The van der Waals surface area contributed by atoms with Crippen LogP contribution < -0.4 is 15.0 Å². The zero-order chi connectivity index (χ0) is 61.5. The first-order valence-electron chi connectivity index (χ1n) is 28.5. The third-order valence-electron chi connectivity index (χ3n) is 15.5. The number of hydrogen-bond donors (Lipinski definition) is 4. The van der Waals surface area contributed by atoms with Crippen molar-refractivity contribution in [1.82, 2.24) is 39.2 Å². The highest BCUT2D eigenvalue weighted by atomic mass is 16.7. The van der Waals surface area contributed by atoms with Crippen LogP contribution in [0.4, 0.5) is 9.59 Å². The van der Waals surface area contributed by atoms with Gasteiger partial charge >= 0.3 is 18.2 Å². The number of benzene rings is 2. The average Bonchev–Trinajstić information content (AvgIpc) is 1.67. The number of pyridine rings is 2. The zero-order valence-corrected chi connectivity index (χ0v) is 48.4. The first kappa shape index (κ1) is 61.9. The number of carbonyl (C=O) groups excluding carboxylic acids is 5. The Morgan fingerprint density at radius 3 is 2.26 bits per heavy atom. The van der Waals surface area contributed by atoms with Crippen molar-refractivity contribution in [2.75, 3.05) is 86.6 Å². The largest absolute Gasteiger partial charge is 0.464 e. The highest BCUT2D eigenvalue weighted by Gasteiger charge is 2.46. The SMILES string of the molecule is CCc1c2c(nc3ccc(OC(=O)N(C)CCN(C)C(=O)OCc4ccc(O[C@H]5C[C@@H](O)[C@@H](O)[C@@H](CO)O5)c5cc(Cn6cc(COCCOCCOCCOCCN7C(=O)C=CC7=O)nn6)oc45)cc13)-c1cc3c(c(=O)n1C2)COC(=O)[C@@]3(O)CC. The van der Waals surface area contributed by atoms with Crippen molar-refractivity contribution in [3.05, 3.63) is 110 Å². The summed E-state index contributed by atoms with van der Waals surface area (Å²) in [6, 6.07) is 11.7. The van der Waals surface area contributed by atoms with Crippen LogP contribution in [0.15, 0.2) is 70.0 Å². The van der Waals surface area contributed by atoms with E-state index >= 15 is 0 Å². The first-order valence-corrected chi connectivity index (χ1v) is 28.5. The van der Waals surface area contributed by atoms with Crippen molar-refractivity contribution in [2.45, 2.75) is 96.2 Å². The van der Waals surface area contributed by atoms with E-state index in [0.717, 1.165) is 21.4 Å². The number of furan rings is 1. The van der Waals surface area contributed by atoms with Gasteiger partial charge in [0.05, 0.1) is 113 Å². The Kier molecular flexibility index (Phi) is 19.4. The van der Waals surface area contributed by atoms with Gasteiger partial charge in [0.25, 0.3) is 17.4 Å². The van der Waals surface area contributed by atoms with E-state index in [-0.39, 0.29) is 119 Å². The molecule has 28 nitrogen and oxygen atoms in total. The standard InChI is InChI=1S/C59H68N8O20/c1-5-38-39-23-36(8-9-44(39)60-52-41(38)29-67-45(52)25-43-42(55(67)73)33-82-56(74)59(43,77)6-2)85-58(76)64(4)14-13-63(3)57(75)83-31-34-7-10-47(86-51-26-46(69)53(72)48(30-68)87-51)40-24-37(84-54(34)40)28-65-27-35(61-62-65)32-81-22-21-80-20-19-79-18-17-78-16-15-66-49(70)11-12-50(66)71/h7-12,23-25,27,46,48,51,53,68-69,72,77H,5-6,13-22,26,28-33H2,1-4H3/t46-,48-,51-,53-,59-/m1/s1. The molecular weight excluding hydrogens is 1140 g/mol. The van der Waals surface area contributed by atoms with E-state index in [2.05, 4.69) is 10.3 Å². The first-order chi connectivity index (χ1) is 42.0. The number of esters is 1. The number of rotatable bonds is 27. The summed E-state index contributed by atoms with van der Waals surface area (Å²) < 4.78 is 60.4. The van der Waals surface area contributed by atoms with Crippen molar-refractivity contribution >= 4 is 51.8 Å². The number of cyclic esters (lactones) is 1. The molecular formula is C59H68N8O20. The molecule has 4 aromatic heterocycles. The number of nitrogens with zero attached hydrogens (tertiary/aromatic N) is 8. The number of likely N-dealkylation sites (N-methyl/N-ethyl adjacent to an activating group) is 2. The van der Waals surface area contributed by atoms with E-state index in [1.165, 1.54) is 36.0 Å². The molecule has 28 heteroatoms.